The first-order valence-corrected chi connectivity index (χ1v) is 7.56. The van der Waals surface area contributed by atoms with Gasteiger partial charge in [-0.25, -0.2) is 4.79 Å². The molecule has 1 heterocycles. The first-order chi connectivity index (χ1) is 11.2. The highest BCUT2D eigenvalue weighted by atomic mass is 16.5. The number of carbonyl (C=O) groups excluding carboxylic acids is 1. The van der Waals surface area contributed by atoms with Crippen molar-refractivity contribution in [3.05, 3.63) is 54.5 Å². The summed E-state index contributed by atoms with van der Waals surface area (Å²) in [5.41, 5.74) is 0. The van der Waals surface area contributed by atoms with E-state index in [4.69, 9.17) is 9.15 Å². The van der Waals surface area contributed by atoms with Crippen LogP contribution in [0.2, 0.25) is 0 Å². The summed E-state index contributed by atoms with van der Waals surface area (Å²) >= 11 is 0. The second-order valence-electron chi connectivity index (χ2n) is 5.29. The molecule has 0 unspecified atom stereocenters. The Bertz CT molecular complexity index is 570. The summed E-state index contributed by atoms with van der Waals surface area (Å²) in [5, 5.41) is 5.61. The lowest BCUT2D eigenvalue weighted by Crippen LogP contribution is -2.41. The van der Waals surface area contributed by atoms with Crippen molar-refractivity contribution in [2.24, 2.45) is 0 Å². The van der Waals surface area contributed by atoms with E-state index in [9.17, 15) is 4.79 Å². The number of nitrogens with zero attached hydrogens (tertiary/aromatic N) is 1. The Hall–Kier alpha value is -2.47. The van der Waals surface area contributed by atoms with Gasteiger partial charge in [-0.1, -0.05) is 18.2 Å². The van der Waals surface area contributed by atoms with Crippen LogP contribution in [0.5, 0.6) is 5.75 Å². The van der Waals surface area contributed by atoms with Crippen molar-refractivity contribution >= 4 is 6.03 Å². The number of ether oxygens (including phenoxy) is 1. The van der Waals surface area contributed by atoms with Crippen LogP contribution in [0.15, 0.2) is 53.1 Å². The molecule has 1 aromatic heterocycles. The SMILES string of the molecule is CN(C)[C@@H](CNC(=O)NCCOc1ccccc1)c1ccco1. The van der Waals surface area contributed by atoms with Gasteiger partial charge in [-0.15, -0.1) is 0 Å². The standard InChI is InChI=1S/C17H23N3O3/c1-20(2)15(16-9-6-11-23-16)13-19-17(21)18-10-12-22-14-7-4-3-5-8-14/h3-9,11,15H,10,12-13H2,1-2H3,(H2,18,19,21)/t15-/m0/s1. The van der Waals surface area contributed by atoms with Gasteiger partial charge >= 0.3 is 6.03 Å². The molecule has 23 heavy (non-hydrogen) atoms. The van der Waals surface area contributed by atoms with Gasteiger partial charge in [0, 0.05) is 6.54 Å². The van der Waals surface area contributed by atoms with Crippen LogP contribution in [-0.2, 0) is 0 Å². The van der Waals surface area contributed by atoms with E-state index in [0.29, 0.717) is 19.7 Å². The van der Waals surface area contributed by atoms with E-state index < -0.39 is 0 Å². The average molecular weight is 317 g/mol. The summed E-state index contributed by atoms with van der Waals surface area (Å²) in [4.78, 5) is 13.8. The zero-order valence-corrected chi connectivity index (χ0v) is 13.5. The van der Waals surface area contributed by atoms with Gasteiger partial charge in [-0.05, 0) is 38.4 Å². The largest absolute Gasteiger partial charge is 0.492 e. The number of hydrogen-bond acceptors (Lipinski definition) is 4. The van der Waals surface area contributed by atoms with Gasteiger partial charge < -0.3 is 19.8 Å². The third kappa shape index (κ3) is 5.67. The fourth-order valence-corrected chi connectivity index (χ4v) is 2.12. The molecular weight excluding hydrogens is 294 g/mol. The van der Waals surface area contributed by atoms with E-state index in [0.717, 1.165) is 11.5 Å². The highest BCUT2D eigenvalue weighted by molar-refractivity contribution is 5.73. The number of furan rings is 1. The van der Waals surface area contributed by atoms with Crippen LogP contribution in [0.4, 0.5) is 4.79 Å². The van der Waals surface area contributed by atoms with Crippen molar-refractivity contribution in [1.29, 1.82) is 0 Å². The van der Waals surface area contributed by atoms with Gasteiger partial charge in [-0.2, -0.15) is 0 Å². The molecule has 2 amide bonds. The maximum Gasteiger partial charge on any atom is 0.314 e. The Labute approximate surface area is 136 Å². The van der Waals surface area contributed by atoms with Crippen molar-refractivity contribution in [3.8, 4) is 5.75 Å². The molecule has 2 rings (SSSR count). The second-order valence-corrected chi connectivity index (χ2v) is 5.29. The van der Waals surface area contributed by atoms with E-state index >= 15 is 0 Å². The van der Waals surface area contributed by atoms with Gasteiger partial charge in [0.2, 0.25) is 0 Å². The number of hydrogen-bond donors (Lipinski definition) is 2. The molecule has 0 aliphatic rings. The number of amides is 2. The van der Waals surface area contributed by atoms with Gasteiger partial charge in [0.15, 0.2) is 0 Å². The first kappa shape index (κ1) is 16.9. The number of benzene rings is 1. The smallest absolute Gasteiger partial charge is 0.314 e. The van der Waals surface area contributed by atoms with Crippen LogP contribution in [0.1, 0.15) is 11.8 Å². The molecule has 124 valence electrons. The monoisotopic (exact) mass is 317 g/mol. The van der Waals surface area contributed by atoms with E-state index in [1.54, 1.807) is 6.26 Å². The maximum atomic E-state index is 11.8. The highest BCUT2D eigenvalue weighted by Crippen LogP contribution is 2.17. The number of rotatable bonds is 8. The topological polar surface area (TPSA) is 66.7 Å². The number of carbonyl (C=O) groups is 1. The van der Waals surface area contributed by atoms with Crippen molar-refractivity contribution < 1.29 is 13.9 Å². The van der Waals surface area contributed by atoms with Crippen molar-refractivity contribution in [3.63, 3.8) is 0 Å². The molecule has 0 aliphatic heterocycles. The number of nitrogens with one attached hydrogen (secondary N) is 2. The predicted octanol–water partition coefficient (Wildman–Crippen LogP) is 2.26. The zero-order valence-electron chi connectivity index (χ0n) is 13.5. The van der Waals surface area contributed by atoms with Gasteiger partial charge in [-0.3, -0.25) is 4.90 Å². The third-order valence-corrected chi connectivity index (χ3v) is 3.35. The number of urea groups is 1. The van der Waals surface area contributed by atoms with E-state index in [1.165, 1.54) is 0 Å². The molecule has 0 saturated heterocycles. The number of para-hydroxylation sites is 1. The molecule has 0 bridgehead atoms. The molecule has 6 nitrogen and oxygen atoms in total. The zero-order chi connectivity index (χ0) is 16.5. The summed E-state index contributed by atoms with van der Waals surface area (Å²) in [6.07, 6.45) is 1.63. The summed E-state index contributed by atoms with van der Waals surface area (Å²) in [6.45, 7) is 1.33. The Morgan fingerprint density at radius 1 is 1.17 bits per heavy atom. The van der Waals surface area contributed by atoms with E-state index in [1.807, 2.05) is 61.5 Å². The second kappa shape index (κ2) is 8.85. The average Bonchev–Trinajstić information content (AvgIpc) is 3.06. The van der Waals surface area contributed by atoms with Crippen molar-refractivity contribution in [2.75, 3.05) is 33.8 Å². The third-order valence-electron chi connectivity index (χ3n) is 3.35. The van der Waals surface area contributed by atoms with Gasteiger partial charge in [0.05, 0.1) is 18.8 Å². The molecule has 6 heteroatoms. The summed E-state index contributed by atoms with van der Waals surface area (Å²) in [5.74, 6) is 1.61. The lowest BCUT2D eigenvalue weighted by atomic mass is 10.2. The van der Waals surface area contributed by atoms with Crippen LogP contribution < -0.4 is 15.4 Å². The van der Waals surface area contributed by atoms with Crippen molar-refractivity contribution in [2.45, 2.75) is 6.04 Å². The Balaban J connectivity index is 1.66. The molecule has 1 aromatic carbocycles. The molecular formula is C17H23N3O3. The lowest BCUT2D eigenvalue weighted by Gasteiger charge is -2.22. The van der Waals surface area contributed by atoms with E-state index in [-0.39, 0.29) is 12.1 Å². The Kier molecular flexibility index (Phi) is 6.50. The molecule has 1 atom stereocenters. The molecule has 0 fully saturated rings. The molecule has 0 radical (unpaired) electrons. The molecule has 0 aliphatic carbocycles. The first-order valence-electron chi connectivity index (χ1n) is 7.56. The van der Waals surface area contributed by atoms with Crippen LogP contribution in [0, 0.1) is 0 Å². The van der Waals surface area contributed by atoms with Crippen LogP contribution in [-0.4, -0.2) is 44.7 Å². The van der Waals surface area contributed by atoms with Gasteiger partial charge in [0.1, 0.15) is 18.1 Å². The fraction of sp³-hybridized carbons (Fsp3) is 0.353. The lowest BCUT2D eigenvalue weighted by molar-refractivity contribution is 0.222. The Morgan fingerprint density at radius 2 is 1.96 bits per heavy atom. The summed E-state index contributed by atoms with van der Waals surface area (Å²) < 4.78 is 10.9. The number of likely N-dealkylation sites (N-methyl/N-ethyl adjacent to an activating group) is 1. The Morgan fingerprint density at radius 3 is 2.61 bits per heavy atom. The van der Waals surface area contributed by atoms with Crippen LogP contribution in [0.3, 0.4) is 0 Å². The minimum Gasteiger partial charge on any atom is -0.492 e. The normalized spacial score (nSPS) is 12.0. The molecule has 2 aromatic rings. The fourth-order valence-electron chi connectivity index (χ4n) is 2.12. The van der Waals surface area contributed by atoms with Crippen LogP contribution >= 0.6 is 0 Å². The van der Waals surface area contributed by atoms with Gasteiger partial charge in [0.25, 0.3) is 0 Å². The molecule has 0 spiro atoms. The predicted molar refractivity (Wildman–Crippen MR) is 88.5 cm³/mol. The van der Waals surface area contributed by atoms with Crippen LogP contribution in [0.25, 0.3) is 0 Å². The quantitative estimate of drug-likeness (QED) is 0.733. The molecule has 0 saturated carbocycles. The minimum atomic E-state index is -0.222. The van der Waals surface area contributed by atoms with Crippen molar-refractivity contribution in [1.82, 2.24) is 15.5 Å². The highest BCUT2D eigenvalue weighted by Gasteiger charge is 2.17. The summed E-state index contributed by atoms with van der Waals surface area (Å²) in [6, 6.07) is 13.0. The minimum absolute atomic E-state index is 0.00341. The summed E-state index contributed by atoms with van der Waals surface area (Å²) in [7, 11) is 3.89. The maximum absolute atomic E-state index is 11.8. The molecule has 2 N–H and O–H groups in total. The van der Waals surface area contributed by atoms with E-state index in [2.05, 4.69) is 10.6 Å².